The Hall–Kier alpha value is -3.28. The molecule has 0 aliphatic carbocycles. The van der Waals surface area contributed by atoms with Gasteiger partial charge < -0.3 is 5.32 Å². The molecular weight excluding hydrogens is 374 g/mol. The summed E-state index contributed by atoms with van der Waals surface area (Å²) < 4.78 is 1.87. The number of aromatic nitrogens is 4. The smallest absolute Gasteiger partial charge is 0.220 e. The summed E-state index contributed by atoms with van der Waals surface area (Å²) in [6.07, 6.45) is 1.03. The van der Waals surface area contributed by atoms with E-state index >= 15 is 0 Å². The van der Waals surface area contributed by atoms with E-state index in [1.54, 1.807) is 0 Å². The highest BCUT2D eigenvalue weighted by molar-refractivity contribution is 5.93. The van der Waals surface area contributed by atoms with Gasteiger partial charge in [0.1, 0.15) is 0 Å². The van der Waals surface area contributed by atoms with Crippen molar-refractivity contribution in [3.63, 3.8) is 0 Å². The third-order valence-electron chi connectivity index (χ3n) is 5.69. The van der Waals surface area contributed by atoms with Gasteiger partial charge in [-0.15, -0.1) is 5.10 Å². The minimum absolute atomic E-state index is 0.0183. The van der Waals surface area contributed by atoms with E-state index in [1.807, 2.05) is 62.5 Å². The minimum Gasteiger partial charge on any atom is -0.350 e. The van der Waals surface area contributed by atoms with Gasteiger partial charge in [-0.25, -0.2) is 14.5 Å². The maximum Gasteiger partial charge on any atom is 0.220 e. The lowest BCUT2D eigenvalue weighted by atomic mass is 10.0. The number of amides is 1. The number of fused-ring (bicyclic) bond motifs is 3. The second-order valence-electron chi connectivity index (χ2n) is 7.98. The topological polar surface area (TPSA) is 72.2 Å². The number of pyridine rings is 1. The van der Waals surface area contributed by atoms with Crippen molar-refractivity contribution in [2.75, 3.05) is 0 Å². The Morgan fingerprint density at radius 3 is 2.57 bits per heavy atom. The van der Waals surface area contributed by atoms with Crippen LogP contribution in [-0.4, -0.2) is 25.5 Å². The van der Waals surface area contributed by atoms with Crippen LogP contribution in [0.1, 0.15) is 53.2 Å². The van der Waals surface area contributed by atoms with Crippen molar-refractivity contribution in [3.8, 4) is 0 Å². The Labute approximate surface area is 176 Å². The first-order valence-electron chi connectivity index (χ1n) is 10.3. The number of nitrogens with zero attached hydrogens (tertiary/aromatic N) is 4. The van der Waals surface area contributed by atoms with E-state index in [9.17, 15) is 4.79 Å². The average molecular weight is 402 g/mol. The lowest BCUT2D eigenvalue weighted by molar-refractivity contribution is -0.121. The number of carbonyl (C=O) groups excluding carboxylic acids is 1. The van der Waals surface area contributed by atoms with Gasteiger partial charge in [0.05, 0.1) is 11.4 Å². The molecule has 4 aromatic rings. The van der Waals surface area contributed by atoms with Crippen LogP contribution < -0.4 is 5.32 Å². The van der Waals surface area contributed by atoms with Crippen LogP contribution in [0.5, 0.6) is 0 Å². The van der Waals surface area contributed by atoms with Crippen molar-refractivity contribution in [1.82, 2.24) is 24.9 Å². The van der Waals surface area contributed by atoms with Crippen molar-refractivity contribution in [1.29, 1.82) is 0 Å². The lowest BCUT2D eigenvalue weighted by Crippen LogP contribution is -2.27. The molecule has 154 valence electrons. The molecular formula is C24H27N5O. The molecule has 6 heteroatoms. The van der Waals surface area contributed by atoms with Crippen LogP contribution in [0.4, 0.5) is 0 Å². The van der Waals surface area contributed by atoms with E-state index < -0.39 is 0 Å². The molecule has 0 radical (unpaired) electrons. The van der Waals surface area contributed by atoms with E-state index in [0.717, 1.165) is 44.8 Å². The fourth-order valence-electron chi connectivity index (χ4n) is 4.11. The number of rotatable bonds is 5. The Kier molecular flexibility index (Phi) is 5.24. The second kappa shape index (κ2) is 7.86. The maximum atomic E-state index is 12.5. The van der Waals surface area contributed by atoms with Crippen LogP contribution in [0.15, 0.2) is 36.4 Å². The number of hydrogen-bond acceptors (Lipinski definition) is 4. The standard InChI is InChI=1S/C24H27N5O/c1-14-13-15(2)25-23-22(14)24-27-17(4)20(18(5)29(24)28-23)11-12-21(30)26-16(3)19-9-7-6-8-10-19/h6-10,13,16H,11-12H2,1-5H3,(H,26,30)/t16-/m0/s1. The summed E-state index contributed by atoms with van der Waals surface area (Å²) in [4.78, 5) is 21.9. The predicted molar refractivity (Wildman–Crippen MR) is 119 cm³/mol. The van der Waals surface area contributed by atoms with Crippen LogP contribution >= 0.6 is 0 Å². The summed E-state index contributed by atoms with van der Waals surface area (Å²) >= 11 is 0. The number of hydrogen-bond donors (Lipinski definition) is 1. The first-order valence-corrected chi connectivity index (χ1v) is 10.3. The predicted octanol–water partition coefficient (Wildman–Crippen LogP) is 4.32. The Bertz CT molecular complexity index is 1240. The highest BCUT2D eigenvalue weighted by Crippen LogP contribution is 2.25. The van der Waals surface area contributed by atoms with Crippen LogP contribution in [0.3, 0.4) is 0 Å². The molecule has 0 unspecified atom stereocenters. The lowest BCUT2D eigenvalue weighted by Gasteiger charge is -2.15. The zero-order valence-corrected chi connectivity index (χ0v) is 18.2. The zero-order valence-electron chi connectivity index (χ0n) is 18.2. The minimum atomic E-state index is -0.0183. The van der Waals surface area contributed by atoms with E-state index in [0.29, 0.717) is 18.5 Å². The zero-order chi connectivity index (χ0) is 21.4. The van der Waals surface area contributed by atoms with Gasteiger partial charge in [-0.1, -0.05) is 30.3 Å². The molecule has 0 bridgehead atoms. The molecule has 0 aliphatic heterocycles. The Morgan fingerprint density at radius 2 is 1.83 bits per heavy atom. The van der Waals surface area contributed by atoms with Crippen molar-refractivity contribution < 1.29 is 4.79 Å². The fourth-order valence-corrected chi connectivity index (χ4v) is 4.11. The summed E-state index contributed by atoms with van der Waals surface area (Å²) in [6, 6.07) is 12.0. The largest absolute Gasteiger partial charge is 0.350 e. The Balaban J connectivity index is 1.58. The number of carbonyl (C=O) groups is 1. The normalized spacial score (nSPS) is 12.4. The number of aryl methyl sites for hydroxylation is 4. The number of nitrogens with one attached hydrogen (secondary N) is 1. The monoisotopic (exact) mass is 401 g/mol. The molecule has 0 saturated carbocycles. The summed E-state index contributed by atoms with van der Waals surface area (Å²) in [7, 11) is 0. The van der Waals surface area contributed by atoms with Crippen molar-refractivity contribution >= 4 is 22.6 Å². The van der Waals surface area contributed by atoms with Gasteiger partial charge in [0.2, 0.25) is 5.91 Å². The molecule has 0 aliphatic rings. The highest BCUT2D eigenvalue weighted by atomic mass is 16.1. The number of benzene rings is 1. The van der Waals surface area contributed by atoms with E-state index in [1.165, 1.54) is 0 Å². The second-order valence-corrected chi connectivity index (χ2v) is 7.98. The van der Waals surface area contributed by atoms with Crippen LogP contribution in [-0.2, 0) is 11.2 Å². The average Bonchev–Trinajstić information content (AvgIpc) is 3.07. The SMILES string of the molecule is Cc1cc(C)c2c(n1)nn1c(C)c(CCC(=O)N[C@@H](C)c3ccccc3)c(C)nc21. The Morgan fingerprint density at radius 1 is 1.10 bits per heavy atom. The summed E-state index contributed by atoms with van der Waals surface area (Å²) in [5.41, 5.74) is 7.73. The molecule has 0 fully saturated rings. The van der Waals surface area contributed by atoms with Gasteiger partial charge >= 0.3 is 0 Å². The molecule has 1 amide bonds. The first-order chi connectivity index (χ1) is 14.3. The van der Waals surface area contributed by atoms with Gasteiger partial charge in [-0.05, 0) is 63.8 Å². The summed E-state index contributed by atoms with van der Waals surface area (Å²) in [5.74, 6) is 0.0315. The molecule has 3 heterocycles. The molecule has 1 atom stereocenters. The van der Waals surface area contributed by atoms with Gasteiger partial charge in [-0.3, -0.25) is 4.79 Å². The van der Waals surface area contributed by atoms with Gasteiger partial charge in [0.15, 0.2) is 11.3 Å². The van der Waals surface area contributed by atoms with Crippen molar-refractivity contribution in [2.45, 2.75) is 53.5 Å². The van der Waals surface area contributed by atoms with Crippen molar-refractivity contribution in [2.24, 2.45) is 0 Å². The molecule has 6 nitrogen and oxygen atoms in total. The quantitative estimate of drug-likeness (QED) is 0.540. The van der Waals surface area contributed by atoms with E-state index in [-0.39, 0.29) is 11.9 Å². The molecule has 1 aromatic carbocycles. The fraction of sp³-hybridized carbons (Fsp3) is 0.333. The summed E-state index contributed by atoms with van der Waals surface area (Å²) in [5, 5.41) is 8.78. The molecule has 3 aromatic heterocycles. The van der Waals surface area contributed by atoms with Crippen LogP contribution in [0, 0.1) is 27.7 Å². The molecule has 0 saturated heterocycles. The highest BCUT2D eigenvalue weighted by Gasteiger charge is 2.18. The third-order valence-corrected chi connectivity index (χ3v) is 5.69. The molecule has 30 heavy (non-hydrogen) atoms. The van der Waals surface area contributed by atoms with Crippen LogP contribution in [0.25, 0.3) is 16.7 Å². The summed E-state index contributed by atoms with van der Waals surface area (Å²) in [6.45, 7) is 10.1. The first kappa shape index (κ1) is 20.0. The van der Waals surface area contributed by atoms with E-state index in [2.05, 4.69) is 23.3 Å². The molecule has 1 N–H and O–H groups in total. The molecule has 0 spiro atoms. The molecule has 4 rings (SSSR count). The van der Waals surface area contributed by atoms with Gasteiger partial charge in [0.25, 0.3) is 0 Å². The third kappa shape index (κ3) is 3.65. The van der Waals surface area contributed by atoms with E-state index in [4.69, 9.17) is 10.1 Å². The van der Waals surface area contributed by atoms with Crippen LogP contribution in [0.2, 0.25) is 0 Å². The maximum absolute atomic E-state index is 12.5. The van der Waals surface area contributed by atoms with Gasteiger partial charge in [0, 0.05) is 23.5 Å². The van der Waals surface area contributed by atoms with Gasteiger partial charge in [-0.2, -0.15) is 0 Å². The van der Waals surface area contributed by atoms with Crippen molar-refractivity contribution in [3.05, 3.63) is 70.2 Å².